The third-order valence-electron chi connectivity index (χ3n) is 2.35. The lowest BCUT2D eigenvalue weighted by atomic mass is 10.1. The topological polar surface area (TPSA) is 63.5 Å². The Labute approximate surface area is 104 Å². The largest absolute Gasteiger partial charge is 0.338 e. The SMILES string of the molecule is CCN(CCCl)C(=O)c1ccccc1[N+](=O)[O-]. The smallest absolute Gasteiger partial charge is 0.282 e. The van der Waals surface area contributed by atoms with Gasteiger partial charge in [0.1, 0.15) is 5.56 Å². The predicted molar refractivity (Wildman–Crippen MR) is 65.4 cm³/mol. The Balaban J connectivity index is 3.06. The van der Waals surface area contributed by atoms with Crippen molar-refractivity contribution in [2.75, 3.05) is 19.0 Å². The van der Waals surface area contributed by atoms with Crippen molar-refractivity contribution in [1.29, 1.82) is 0 Å². The number of alkyl halides is 1. The summed E-state index contributed by atoms with van der Waals surface area (Å²) in [4.78, 5) is 23.8. The summed E-state index contributed by atoms with van der Waals surface area (Å²) >= 11 is 5.58. The minimum Gasteiger partial charge on any atom is -0.338 e. The van der Waals surface area contributed by atoms with E-state index < -0.39 is 4.92 Å². The number of nitrogens with zero attached hydrogens (tertiary/aromatic N) is 2. The molecule has 5 nitrogen and oxygen atoms in total. The molecule has 1 aromatic carbocycles. The summed E-state index contributed by atoms with van der Waals surface area (Å²) in [5.74, 6) is -0.0549. The number of halogens is 1. The lowest BCUT2D eigenvalue weighted by molar-refractivity contribution is -0.385. The highest BCUT2D eigenvalue weighted by Gasteiger charge is 2.22. The molecule has 0 bridgehead atoms. The molecule has 1 amide bonds. The summed E-state index contributed by atoms with van der Waals surface area (Å²) in [6.45, 7) is 2.65. The lowest BCUT2D eigenvalue weighted by Gasteiger charge is -2.19. The fourth-order valence-corrected chi connectivity index (χ4v) is 1.69. The first-order valence-electron chi connectivity index (χ1n) is 5.20. The van der Waals surface area contributed by atoms with E-state index in [4.69, 9.17) is 11.6 Å². The summed E-state index contributed by atoms with van der Waals surface area (Å²) in [6.07, 6.45) is 0. The molecule has 0 radical (unpaired) electrons. The quantitative estimate of drug-likeness (QED) is 0.461. The van der Waals surface area contributed by atoms with E-state index in [-0.39, 0.29) is 17.2 Å². The fourth-order valence-electron chi connectivity index (χ4n) is 1.49. The molecule has 92 valence electrons. The first kappa shape index (κ1) is 13.4. The molecule has 1 aromatic rings. The number of benzene rings is 1. The van der Waals surface area contributed by atoms with Crippen LogP contribution in [-0.2, 0) is 0 Å². The zero-order valence-electron chi connectivity index (χ0n) is 9.43. The number of amides is 1. The summed E-state index contributed by atoms with van der Waals surface area (Å²) in [6, 6.07) is 5.92. The van der Waals surface area contributed by atoms with Crippen LogP contribution in [0.4, 0.5) is 5.69 Å². The summed E-state index contributed by atoms with van der Waals surface area (Å²) in [7, 11) is 0. The average Bonchev–Trinajstić information content (AvgIpc) is 2.35. The normalized spacial score (nSPS) is 10.0. The van der Waals surface area contributed by atoms with Crippen molar-refractivity contribution < 1.29 is 9.72 Å². The van der Waals surface area contributed by atoms with Gasteiger partial charge in [0.25, 0.3) is 11.6 Å². The van der Waals surface area contributed by atoms with Crippen LogP contribution in [0.3, 0.4) is 0 Å². The van der Waals surface area contributed by atoms with Gasteiger partial charge in [0, 0.05) is 25.0 Å². The van der Waals surface area contributed by atoms with Gasteiger partial charge in [0.2, 0.25) is 0 Å². The Kier molecular flexibility index (Phi) is 4.90. The Bertz CT molecular complexity index is 423. The summed E-state index contributed by atoms with van der Waals surface area (Å²) < 4.78 is 0. The van der Waals surface area contributed by atoms with Gasteiger partial charge in [0.05, 0.1) is 4.92 Å². The molecule has 0 atom stereocenters. The van der Waals surface area contributed by atoms with Gasteiger partial charge in [-0.25, -0.2) is 0 Å². The molecule has 0 saturated carbocycles. The zero-order valence-corrected chi connectivity index (χ0v) is 10.2. The Hall–Kier alpha value is -1.62. The third-order valence-corrected chi connectivity index (χ3v) is 2.52. The molecule has 6 heteroatoms. The number of hydrogen-bond acceptors (Lipinski definition) is 3. The molecule has 0 aliphatic carbocycles. The van der Waals surface area contributed by atoms with Gasteiger partial charge in [0.15, 0.2) is 0 Å². The molecule has 0 spiro atoms. The highest BCUT2D eigenvalue weighted by atomic mass is 35.5. The minimum atomic E-state index is -0.554. The Morgan fingerprint density at radius 2 is 2.12 bits per heavy atom. The molecule has 0 aliphatic rings. The predicted octanol–water partition coefficient (Wildman–Crippen LogP) is 2.30. The van der Waals surface area contributed by atoms with Crippen LogP contribution in [-0.4, -0.2) is 34.7 Å². The molecule has 17 heavy (non-hydrogen) atoms. The maximum atomic E-state index is 12.1. The number of carbonyl (C=O) groups excluding carboxylic acids is 1. The molecule has 0 unspecified atom stereocenters. The van der Waals surface area contributed by atoms with Crippen LogP contribution in [0.25, 0.3) is 0 Å². The van der Waals surface area contributed by atoms with Crippen LogP contribution in [0.15, 0.2) is 24.3 Å². The van der Waals surface area contributed by atoms with Crippen molar-refractivity contribution in [3.05, 3.63) is 39.9 Å². The van der Waals surface area contributed by atoms with Gasteiger partial charge in [-0.3, -0.25) is 14.9 Å². The van der Waals surface area contributed by atoms with E-state index in [1.165, 1.54) is 23.1 Å². The van der Waals surface area contributed by atoms with E-state index >= 15 is 0 Å². The van der Waals surface area contributed by atoms with E-state index in [0.29, 0.717) is 19.0 Å². The van der Waals surface area contributed by atoms with Crippen LogP contribution in [0.1, 0.15) is 17.3 Å². The van der Waals surface area contributed by atoms with E-state index in [1.807, 2.05) is 0 Å². The second-order valence-electron chi connectivity index (χ2n) is 3.35. The maximum Gasteiger partial charge on any atom is 0.282 e. The van der Waals surface area contributed by atoms with E-state index in [2.05, 4.69) is 0 Å². The first-order chi connectivity index (χ1) is 8.11. The van der Waals surface area contributed by atoms with Crippen molar-refractivity contribution in [3.8, 4) is 0 Å². The van der Waals surface area contributed by atoms with Crippen molar-refractivity contribution >= 4 is 23.2 Å². The molecule has 0 fully saturated rings. The van der Waals surface area contributed by atoms with Crippen LogP contribution in [0, 0.1) is 10.1 Å². The number of carbonyl (C=O) groups is 1. The van der Waals surface area contributed by atoms with Gasteiger partial charge in [-0.1, -0.05) is 12.1 Å². The van der Waals surface area contributed by atoms with Crippen molar-refractivity contribution in [1.82, 2.24) is 4.90 Å². The van der Waals surface area contributed by atoms with Gasteiger partial charge in [-0.15, -0.1) is 11.6 Å². The van der Waals surface area contributed by atoms with Crippen molar-refractivity contribution in [2.24, 2.45) is 0 Å². The van der Waals surface area contributed by atoms with Crippen LogP contribution in [0.5, 0.6) is 0 Å². The van der Waals surface area contributed by atoms with Crippen molar-refractivity contribution in [3.63, 3.8) is 0 Å². The molecule has 0 saturated heterocycles. The average molecular weight is 257 g/mol. The van der Waals surface area contributed by atoms with E-state index in [0.717, 1.165) is 0 Å². The monoisotopic (exact) mass is 256 g/mol. The second-order valence-corrected chi connectivity index (χ2v) is 3.73. The first-order valence-corrected chi connectivity index (χ1v) is 5.74. The molecule has 0 N–H and O–H groups in total. The lowest BCUT2D eigenvalue weighted by Crippen LogP contribution is -2.32. The van der Waals surface area contributed by atoms with E-state index in [1.54, 1.807) is 13.0 Å². The highest BCUT2D eigenvalue weighted by Crippen LogP contribution is 2.19. The van der Waals surface area contributed by atoms with Crippen LogP contribution in [0.2, 0.25) is 0 Å². The maximum absolute atomic E-state index is 12.1. The number of nitro groups is 1. The Morgan fingerprint density at radius 1 is 1.47 bits per heavy atom. The van der Waals surface area contributed by atoms with Gasteiger partial charge in [-0.05, 0) is 13.0 Å². The molecule has 0 aliphatic heterocycles. The van der Waals surface area contributed by atoms with Crippen molar-refractivity contribution in [2.45, 2.75) is 6.92 Å². The van der Waals surface area contributed by atoms with Crippen LogP contribution < -0.4 is 0 Å². The third kappa shape index (κ3) is 3.17. The van der Waals surface area contributed by atoms with Gasteiger partial charge < -0.3 is 4.90 Å². The van der Waals surface area contributed by atoms with Crippen LogP contribution >= 0.6 is 11.6 Å². The fraction of sp³-hybridized carbons (Fsp3) is 0.364. The number of rotatable bonds is 5. The molecule has 0 aromatic heterocycles. The highest BCUT2D eigenvalue weighted by molar-refractivity contribution is 6.18. The standard InChI is InChI=1S/C11H13ClN2O3/c1-2-13(8-7-12)11(15)9-5-3-4-6-10(9)14(16)17/h3-6H,2,7-8H2,1H3. The zero-order chi connectivity index (χ0) is 12.8. The number of nitro benzene ring substituents is 1. The number of para-hydroxylation sites is 1. The molecular weight excluding hydrogens is 244 g/mol. The summed E-state index contributed by atoms with van der Waals surface area (Å²) in [5, 5.41) is 10.8. The number of hydrogen-bond donors (Lipinski definition) is 0. The van der Waals surface area contributed by atoms with E-state index in [9.17, 15) is 14.9 Å². The molecule has 0 heterocycles. The molecular formula is C11H13ClN2O3. The molecule has 1 rings (SSSR count). The van der Waals surface area contributed by atoms with Gasteiger partial charge in [-0.2, -0.15) is 0 Å². The second kappa shape index (κ2) is 6.20. The minimum absolute atomic E-state index is 0.101. The summed E-state index contributed by atoms with van der Waals surface area (Å²) in [5.41, 5.74) is -0.0741. The van der Waals surface area contributed by atoms with Gasteiger partial charge >= 0.3 is 0 Å². The Morgan fingerprint density at radius 3 is 2.65 bits per heavy atom.